The summed E-state index contributed by atoms with van der Waals surface area (Å²) in [6.45, 7) is 5.76. The van der Waals surface area contributed by atoms with Crippen LogP contribution in [0.4, 0.5) is 5.69 Å². The summed E-state index contributed by atoms with van der Waals surface area (Å²) in [5.74, 6) is -0.248. The molecule has 2 rings (SSSR count). The molecule has 0 bridgehead atoms. The van der Waals surface area contributed by atoms with Crippen LogP contribution in [0.3, 0.4) is 0 Å². The predicted molar refractivity (Wildman–Crippen MR) is 110 cm³/mol. The molecule has 0 spiro atoms. The van der Waals surface area contributed by atoms with E-state index in [4.69, 9.17) is 9.84 Å². The molecule has 27 heavy (non-hydrogen) atoms. The van der Waals surface area contributed by atoms with Gasteiger partial charge in [0, 0.05) is 31.8 Å². The highest BCUT2D eigenvalue weighted by atomic mass is 32.2. The fraction of sp³-hybridized carbons (Fsp3) is 0.500. The molecule has 0 saturated heterocycles. The number of ether oxygens (including phenoxy) is 1. The maximum atomic E-state index is 12.2. The van der Waals surface area contributed by atoms with E-state index in [1.54, 1.807) is 11.9 Å². The summed E-state index contributed by atoms with van der Waals surface area (Å²) in [5, 5.41) is 9.87. The normalized spacial score (nSPS) is 15.9. The number of aliphatic hydroxyl groups excluding tert-OH is 1. The number of carbonyl (C=O) groups excluding carboxylic acids is 2. The molecule has 1 aliphatic rings. The fourth-order valence-corrected chi connectivity index (χ4v) is 3.54. The molecule has 150 valence electrons. The molecule has 1 atom stereocenters. The third-order valence-corrected chi connectivity index (χ3v) is 4.90. The Labute approximate surface area is 165 Å². The number of anilines is 1. The van der Waals surface area contributed by atoms with Crippen molar-refractivity contribution in [1.29, 1.82) is 0 Å². The molecular formula is C20H30N2O4S. The van der Waals surface area contributed by atoms with E-state index in [9.17, 15) is 9.59 Å². The van der Waals surface area contributed by atoms with Gasteiger partial charge < -0.3 is 19.9 Å². The van der Waals surface area contributed by atoms with Crippen LogP contribution >= 0.6 is 11.9 Å². The van der Waals surface area contributed by atoms with Gasteiger partial charge in [-0.25, -0.2) is 4.79 Å². The van der Waals surface area contributed by atoms with Gasteiger partial charge in [-0.2, -0.15) is 0 Å². The number of allylic oxidation sites excluding steroid dienone is 1. The SMILES string of the molecule is CC(=O)NCc1ccc(NSC2CCCC=C2C(=O)OC(C)C)cc1.CO. The first-order valence-corrected chi connectivity index (χ1v) is 9.94. The maximum Gasteiger partial charge on any atom is 0.335 e. The molecule has 0 saturated carbocycles. The van der Waals surface area contributed by atoms with E-state index in [1.165, 1.54) is 6.92 Å². The highest BCUT2D eigenvalue weighted by Crippen LogP contribution is 2.31. The van der Waals surface area contributed by atoms with Crippen molar-refractivity contribution in [1.82, 2.24) is 5.32 Å². The van der Waals surface area contributed by atoms with E-state index < -0.39 is 0 Å². The van der Waals surface area contributed by atoms with Crippen molar-refractivity contribution in [3.05, 3.63) is 41.5 Å². The van der Waals surface area contributed by atoms with Crippen LogP contribution in [0.5, 0.6) is 0 Å². The average molecular weight is 395 g/mol. The highest BCUT2D eigenvalue weighted by molar-refractivity contribution is 8.01. The van der Waals surface area contributed by atoms with Gasteiger partial charge in [0.2, 0.25) is 5.91 Å². The number of esters is 1. The van der Waals surface area contributed by atoms with Crippen molar-refractivity contribution < 1.29 is 19.4 Å². The number of benzene rings is 1. The standard InChI is InChI=1S/C19H26N2O3S.CH4O/c1-13(2)24-19(23)17-6-4-5-7-18(17)25-21-16-10-8-15(9-11-16)12-20-14(3)22;1-2/h6,8-11,13,18,21H,4-5,7,12H2,1-3H3,(H,20,22);2H,1H3. The lowest BCUT2D eigenvalue weighted by molar-refractivity contribution is -0.142. The van der Waals surface area contributed by atoms with E-state index in [0.717, 1.165) is 43.2 Å². The highest BCUT2D eigenvalue weighted by Gasteiger charge is 2.26. The van der Waals surface area contributed by atoms with Gasteiger partial charge in [0.25, 0.3) is 0 Å². The molecule has 1 aromatic rings. The summed E-state index contributed by atoms with van der Waals surface area (Å²) < 4.78 is 8.68. The van der Waals surface area contributed by atoms with Gasteiger partial charge in [-0.1, -0.05) is 18.2 Å². The lowest BCUT2D eigenvalue weighted by Crippen LogP contribution is -2.23. The first kappa shape index (κ1) is 23.0. The third-order valence-electron chi connectivity index (χ3n) is 3.77. The number of rotatable bonds is 7. The molecule has 0 aromatic heterocycles. The monoisotopic (exact) mass is 394 g/mol. The van der Waals surface area contributed by atoms with Gasteiger partial charge in [0.05, 0.1) is 11.4 Å². The van der Waals surface area contributed by atoms with Crippen molar-refractivity contribution in [2.75, 3.05) is 11.8 Å². The second-order valence-corrected chi connectivity index (χ2v) is 7.37. The molecule has 0 heterocycles. The first-order chi connectivity index (χ1) is 13.0. The predicted octanol–water partition coefficient (Wildman–Crippen LogP) is 3.42. The van der Waals surface area contributed by atoms with E-state index >= 15 is 0 Å². The Morgan fingerprint density at radius 3 is 2.52 bits per heavy atom. The zero-order chi connectivity index (χ0) is 20.2. The van der Waals surface area contributed by atoms with E-state index in [2.05, 4.69) is 10.0 Å². The van der Waals surface area contributed by atoms with Gasteiger partial charge in [-0.3, -0.25) is 4.79 Å². The smallest absolute Gasteiger partial charge is 0.335 e. The third kappa shape index (κ3) is 8.49. The van der Waals surface area contributed by atoms with Crippen LogP contribution in [0.25, 0.3) is 0 Å². The number of hydrogen-bond donors (Lipinski definition) is 3. The summed E-state index contributed by atoms with van der Waals surface area (Å²) in [7, 11) is 1.00. The Balaban J connectivity index is 0.00000176. The fourth-order valence-electron chi connectivity index (χ4n) is 2.52. The van der Waals surface area contributed by atoms with Gasteiger partial charge in [0.1, 0.15) is 0 Å². The van der Waals surface area contributed by atoms with Crippen LogP contribution in [0.15, 0.2) is 35.9 Å². The molecule has 1 aliphatic carbocycles. The lowest BCUT2D eigenvalue weighted by Gasteiger charge is -2.23. The summed E-state index contributed by atoms with van der Waals surface area (Å²) in [5.41, 5.74) is 2.78. The molecule has 1 aromatic carbocycles. The van der Waals surface area contributed by atoms with Crippen LogP contribution in [0, 0.1) is 0 Å². The minimum atomic E-state index is -0.209. The number of nitrogens with one attached hydrogen (secondary N) is 2. The van der Waals surface area contributed by atoms with Crippen molar-refractivity contribution in [3.63, 3.8) is 0 Å². The Bertz CT molecular complexity index is 629. The van der Waals surface area contributed by atoms with Gasteiger partial charge in [-0.15, -0.1) is 0 Å². The Hall–Kier alpha value is -1.99. The summed E-state index contributed by atoms with van der Waals surface area (Å²) in [4.78, 5) is 23.2. The number of amides is 1. The van der Waals surface area contributed by atoms with Crippen molar-refractivity contribution in [2.24, 2.45) is 0 Å². The molecular weight excluding hydrogens is 364 g/mol. The maximum absolute atomic E-state index is 12.2. The molecule has 0 radical (unpaired) electrons. The molecule has 3 N–H and O–H groups in total. The summed E-state index contributed by atoms with van der Waals surface area (Å²) in [6.07, 6.45) is 4.86. The Kier molecular flexibility index (Phi) is 10.6. The van der Waals surface area contributed by atoms with Crippen molar-refractivity contribution in [2.45, 2.75) is 57.9 Å². The molecule has 0 aliphatic heterocycles. The van der Waals surface area contributed by atoms with Crippen LogP contribution in [-0.4, -0.2) is 35.4 Å². The van der Waals surface area contributed by atoms with E-state index in [-0.39, 0.29) is 23.2 Å². The molecule has 1 amide bonds. The van der Waals surface area contributed by atoms with Crippen LogP contribution in [-0.2, 0) is 20.9 Å². The van der Waals surface area contributed by atoms with Gasteiger partial charge in [-0.05, 0) is 62.8 Å². The van der Waals surface area contributed by atoms with Crippen LogP contribution < -0.4 is 10.0 Å². The summed E-state index contributed by atoms with van der Waals surface area (Å²) >= 11 is 1.55. The van der Waals surface area contributed by atoms with Crippen LogP contribution in [0.1, 0.15) is 45.6 Å². The van der Waals surface area contributed by atoms with Crippen molar-refractivity contribution in [3.8, 4) is 0 Å². The average Bonchev–Trinajstić information content (AvgIpc) is 2.66. The second kappa shape index (κ2) is 12.4. The zero-order valence-corrected chi connectivity index (χ0v) is 17.3. The lowest BCUT2D eigenvalue weighted by atomic mass is 9.99. The molecule has 1 unspecified atom stereocenters. The largest absolute Gasteiger partial charge is 0.460 e. The number of aliphatic hydroxyl groups is 1. The van der Waals surface area contributed by atoms with Gasteiger partial charge >= 0.3 is 5.97 Å². The molecule has 7 heteroatoms. The quantitative estimate of drug-likeness (QED) is 0.485. The minimum absolute atomic E-state index is 0.0392. The van der Waals surface area contributed by atoms with E-state index in [0.29, 0.717) is 6.54 Å². The zero-order valence-electron chi connectivity index (χ0n) is 16.5. The van der Waals surface area contributed by atoms with E-state index in [1.807, 2.05) is 44.2 Å². The minimum Gasteiger partial charge on any atom is -0.460 e. The topological polar surface area (TPSA) is 87.7 Å². The number of carbonyl (C=O) groups is 2. The number of hydrogen-bond acceptors (Lipinski definition) is 6. The molecule has 0 fully saturated rings. The van der Waals surface area contributed by atoms with Gasteiger partial charge in [0.15, 0.2) is 0 Å². The molecule has 6 nitrogen and oxygen atoms in total. The second-order valence-electron chi connectivity index (χ2n) is 6.36. The summed E-state index contributed by atoms with van der Waals surface area (Å²) in [6, 6.07) is 7.90. The van der Waals surface area contributed by atoms with Crippen molar-refractivity contribution >= 4 is 29.5 Å². The first-order valence-electron chi connectivity index (χ1n) is 9.06. The Morgan fingerprint density at radius 2 is 1.93 bits per heavy atom. The van der Waals surface area contributed by atoms with Crippen LogP contribution in [0.2, 0.25) is 0 Å². The Morgan fingerprint density at radius 1 is 1.26 bits per heavy atom.